The zero-order valence-corrected chi connectivity index (χ0v) is 12.3. The van der Waals surface area contributed by atoms with E-state index >= 15 is 0 Å². The Bertz CT molecular complexity index is 699. The van der Waals surface area contributed by atoms with E-state index < -0.39 is 42.9 Å². The highest BCUT2D eigenvalue weighted by Crippen LogP contribution is 2.43. The van der Waals surface area contributed by atoms with E-state index in [1.165, 1.54) is 0 Å². The molecule has 1 fully saturated rings. The van der Waals surface area contributed by atoms with Crippen molar-refractivity contribution in [2.75, 3.05) is 13.2 Å². The van der Waals surface area contributed by atoms with E-state index in [-0.39, 0.29) is 9.41 Å². The number of ether oxygens (including phenoxy) is 1. The number of nitrogens with zero attached hydrogens (tertiary/aromatic N) is 1. The van der Waals surface area contributed by atoms with Gasteiger partial charge in [-0.05, 0) is 12.2 Å². The van der Waals surface area contributed by atoms with Crippen molar-refractivity contribution in [1.29, 1.82) is 0 Å². The number of aliphatic hydroxyl groups is 2. The van der Waals surface area contributed by atoms with Crippen LogP contribution in [0.1, 0.15) is 6.23 Å². The number of aliphatic hydroxyl groups excluding tert-OH is 2. The summed E-state index contributed by atoms with van der Waals surface area (Å²) in [6.07, 6.45) is 3.03. The van der Waals surface area contributed by atoms with E-state index in [0.29, 0.717) is 0 Å². The summed E-state index contributed by atoms with van der Waals surface area (Å²) in [7, 11) is 0. The largest absolute Gasteiger partial charge is 0.396 e. The van der Waals surface area contributed by atoms with Crippen molar-refractivity contribution in [3.63, 3.8) is 0 Å². The molecule has 2 heterocycles. The number of alkyl halides is 1. The molecule has 114 valence electrons. The smallest absolute Gasteiger partial charge is 0.180 e. The molecule has 21 heavy (non-hydrogen) atoms. The average molecular weight is 334 g/mol. The molecule has 0 aromatic carbocycles. The highest BCUT2D eigenvalue weighted by Gasteiger charge is 2.55. The van der Waals surface area contributed by atoms with E-state index in [0.717, 1.165) is 10.8 Å². The summed E-state index contributed by atoms with van der Waals surface area (Å²) >= 11 is 9.65. The van der Waals surface area contributed by atoms with Crippen LogP contribution in [0.15, 0.2) is 6.20 Å². The van der Waals surface area contributed by atoms with Gasteiger partial charge in [0.15, 0.2) is 28.6 Å². The fourth-order valence-electron chi connectivity index (χ4n) is 2.27. The van der Waals surface area contributed by atoms with Gasteiger partial charge in [-0.25, -0.2) is 8.78 Å². The molecule has 3 N–H and O–H groups in total. The van der Waals surface area contributed by atoms with Crippen molar-refractivity contribution in [2.24, 2.45) is 5.92 Å². The van der Waals surface area contributed by atoms with Crippen LogP contribution in [0.25, 0.3) is 0 Å². The molecule has 2 rings (SSSR count). The lowest BCUT2D eigenvalue weighted by Crippen LogP contribution is -2.41. The van der Waals surface area contributed by atoms with E-state index in [9.17, 15) is 19.0 Å². The van der Waals surface area contributed by atoms with E-state index in [2.05, 4.69) is 23.1 Å². The molecule has 0 saturated carbocycles. The molecular formula is C12H12F2N2O3S2. The van der Waals surface area contributed by atoms with Gasteiger partial charge in [-0.1, -0.05) is 18.1 Å². The van der Waals surface area contributed by atoms with Crippen molar-refractivity contribution in [2.45, 2.75) is 18.0 Å². The van der Waals surface area contributed by atoms with Crippen molar-refractivity contribution in [1.82, 2.24) is 9.55 Å². The Hall–Kier alpha value is -1.18. The van der Waals surface area contributed by atoms with Gasteiger partial charge >= 0.3 is 0 Å². The van der Waals surface area contributed by atoms with Crippen LogP contribution in [0.2, 0.25) is 0 Å². The van der Waals surface area contributed by atoms with Gasteiger partial charge in [-0.3, -0.25) is 4.57 Å². The molecule has 1 aliphatic rings. The number of H-pyrrole nitrogens is 1. The van der Waals surface area contributed by atoms with Crippen LogP contribution in [0.5, 0.6) is 0 Å². The van der Waals surface area contributed by atoms with Gasteiger partial charge in [-0.15, -0.1) is 6.42 Å². The molecule has 0 amide bonds. The van der Waals surface area contributed by atoms with Gasteiger partial charge in [0, 0.05) is 6.20 Å². The number of aromatic nitrogens is 2. The number of hydrogen-bond acceptors (Lipinski definition) is 5. The van der Waals surface area contributed by atoms with Crippen molar-refractivity contribution in [3.8, 4) is 12.3 Å². The second-order valence-corrected chi connectivity index (χ2v) is 5.37. The van der Waals surface area contributed by atoms with Crippen LogP contribution in [-0.2, 0) is 4.74 Å². The summed E-state index contributed by atoms with van der Waals surface area (Å²) in [6, 6.07) is 0. The average Bonchev–Trinajstić information content (AvgIpc) is 2.75. The fourth-order valence-corrected chi connectivity index (χ4v) is 2.75. The topological polar surface area (TPSA) is 70.4 Å². The maximum atomic E-state index is 14.5. The Morgan fingerprint density at radius 2 is 2.19 bits per heavy atom. The number of rotatable bonds is 3. The van der Waals surface area contributed by atoms with Crippen molar-refractivity contribution >= 4 is 24.4 Å². The normalized spacial score (nSPS) is 32.0. The highest BCUT2D eigenvalue weighted by atomic mass is 32.1. The Morgan fingerprint density at radius 1 is 1.52 bits per heavy atom. The van der Waals surface area contributed by atoms with Crippen LogP contribution >= 0.6 is 24.4 Å². The zero-order valence-electron chi connectivity index (χ0n) is 10.6. The highest BCUT2D eigenvalue weighted by molar-refractivity contribution is 7.72. The SMILES string of the molecule is C#C[C@]1(CO)O[C@@H](n2cc(F)c(=S)[nH]c2=S)[C@@H](F)C1CO. The van der Waals surface area contributed by atoms with Crippen LogP contribution in [0, 0.1) is 33.5 Å². The third kappa shape index (κ3) is 2.54. The van der Waals surface area contributed by atoms with Gasteiger partial charge < -0.3 is 19.9 Å². The molecule has 1 saturated heterocycles. The molecule has 4 atom stereocenters. The summed E-state index contributed by atoms with van der Waals surface area (Å²) in [5, 5.41) is 18.7. The van der Waals surface area contributed by atoms with Crippen LogP contribution in [0.3, 0.4) is 0 Å². The standard InChI is InChI=1S/C12H12F2N2O3S2/c1-2-12(5-18)6(4-17)8(14)10(19-12)16-3-7(13)9(20)15-11(16)21/h1,3,6,8,10,17-18H,4-5H2,(H,15,20,21)/t6?,8-,10+,12+/m0/s1. The van der Waals surface area contributed by atoms with Crippen molar-refractivity contribution < 1.29 is 23.7 Å². The number of nitrogens with one attached hydrogen (secondary N) is 1. The van der Waals surface area contributed by atoms with Crippen LogP contribution in [0.4, 0.5) is 8.78 Å². The second kappa shape index (κ2) is 5.90. The van der Waals surface area contributed by atoms with Gasteiger partial charge in [0.05, 0.1) is 19.1 Å². The van der Waals surface area contributed by atoms with Crippen LogP contribution < -0.4 is 0 Å². The molecule has 0 bridgehead atoms. The molecule has 1 aromatic heterocycles. The minimum Gasteiger partial charge on any atom is -0.396 e. The number of halogens is 2. The number of terminal acetylenes is 1. The molecule has 5 nitrogen and oxygen atoms in total. The summed E-state index contributed by atoms with van der Waals surface area (Å²) < 4.78 is 34.1. The third-order valence-corrected chi connectivity index (χ3v) is 4.07. The molecule has 0 spiro atoms. The minimum atomic E-state index is -1.78. The van der Waals surface area contributed by atoms with Gasteiger partial charge in [0.25, 0.3) is 0 Å². The summed E-state index contributed by atoms with van der Waals surface area (Å²) in [6.45, 7) is -1.33. The second-order valence-electron chi connectivity index (χ2n) is 4.58. The summed E-state index contributed by atoms with van der Waals surface area (Å²) in [5.41, 5.74) is -1.70. The first kappa shape index (κ1) is 16.2. The fraction of sp³-hybridized carbons (Fsp3) is 0.500. The Kier molecular flexibility index (Phi) is 4.55. The quantitative estimate of drug-likeness (QED) is 0.573. The van der Waals surface area contributed by atoms with E-state index in [4.69, 9.17) is 23.4 Å². The minimum absolute atomic E-state index is 0.0588. The van der Waals surface area contributed by atoms with Gasteiger partial charge in [-0.2, -0.15) is 0 Å². The number of aromatic amines is 1. The lowest BCUT2D eigenvalue weighted by atomic mass is 9.88. The van der Waals surface area contributed by atoms with E-state index in [1.54, 1.807) is 0 Å². The third-order valence-electron chi connectivity index (χ3n) is 3.46. The van der Waals surface area contributed by atoms with Gasteiger partial charge in [0.2, 0.25) is 0 Å². The van der Waals surface area contributed by atoms with Crippen molar-refractivity contribution in [3.05, 3.63) is 21.4 Å². The molecule has 0 radical (unpaired) electrons. The van der Waals surface area contributed by atoms with Crippen LogP contribution in [-0.4, -0.2) is 44.8 Å². The molecule has 1 aliphatic heterocycles. The zero-order chi connectivity index (χ0) is 15.8. The molecule has 0 aliphatic carbocycles. The number of hydrogen-bond donors (Lipinski definition) is 3. The first-order chi connectivity index (χ1) is 9.90. The summed E-state index contributed by atoms with van der Waals surface area (Å²) in [5.74, 6) is 0.190. The first-order valence-electron chi connectivity index (χ1n) is 5.92. The molecule has 1 aromatic rings. The lowest BCUT2D eigenvalue weighted by molar-refractivity contribution is -0.0838. The Morgan fingerprint density at radius 3 is 2.67 bits per heavy atom. The Labute approximate surface area is 129 Å². The lowest BCUT2D eigenvalue weighted by Gasteiger charge is -2.25. The predicted molar refractivity (Wildman–Crippen MR) is 74.7 cm³/mol. The molecule has 1 unspecified atom stereocenters. The monoisotopic (exact) mass is 334 g/mol. The maximum absolute atomic E-state index is 14.5. The maximum Gasteiger partial charge on any atom is 0.180 e. The molecular weight excluding hydrogens is 322 g/mol. The summed E-state index contributed by atoms with van der Waals surface area (Å²) in [4.78, 5) is 2.39. The molecule has 9 heteroatoms. The van der Waals surface area contributed by atoms with E-state index in [1.807, 2.05) is 0 Å². The van der Waals surface area contributed by atoms with Gasteiger partial charge in [0.1, 0.15) is 4.64 Å². The predicted octanol–water partition coefficient (Wildman–Crippen LogP) is 1.25. The Balaban J connectivity index is 2.52. The first-order valence-corrected chi connectivity index (χ1v) is 6.74.